The van der Waals surface area contributed by atoms with Gasteiger partial charge in [-0.25, -0.2) is 0 Å². The highest BCUT2D eigenvalue weighted by Crippen LogP contribution is 2.24. The largest absolute Gasteiger partial charge is 0.491 e. The van der Waals surface area contributed by atoms with E-state index in [1.807, 2.05) is 30.3 Å². The van der Waals surface area contributed by atoms with Crippen LogP contribution in [-0.2, 0) is 0 Å². The molecule has 6 nitrogen and oxygen atoms in total. The summed E-state index contributed by atoms with van der Waals surface area (Å²) in [7, 11) is 0. The lowest BCUT2D eigenvalue weighted by Gasteiger charge is -2.11. The summed E-state index contributed by atoms with van der Waals surface area (Å²) >= 11 is 5.99. The summed E-state index contributed by atoms with van der Waals surface area (Å²) in [5, 5.41) is 16.8. The van der Waals surface area contributed by atoms with Crippen molar-refractivity contribution < 1.29 is 5.11 Å². The molecule has 5 aromatic rings. The maximum absolute atomic E-state index is 13.2. The zero-order valence-corrected chi connectivity index (χ0v) is 15.1. The van der Waals surface area contributed by atoms with Gasteiger partial charge in [0.2, 0.25) is 5.43 Å². The van der Waals surface area contributed by atoms with E-state index >= 15 is 0 Å². The molecule has 0 spiro atoms. The Labute approximate surface area is 162 Å². The van der Waals surface area contributed by atoms with Crippen molar-refractivity contribution in [2.45, 2.75) is 0 Å². The number of rotatable bonds is 1. The molecule has 0 unspecified atom stereocenters. The molecule has 0 radical (unpaired) electrons. The number of aromatic amines is 1. The van der Waals surface area contributed by atoms with Gasteiger partial charge in [0, 0.05) is 15.8 Å². The Morgan fingerprint density at radius 1 is 0.964 bits per heavy atom. The second-order valence-corrected chi connectivity index (χ2v) is 6.87. The van der Waals surface area contributed by atoms with Crippen LogP contribution >= 0.6 is 11.6 Å². The highest BCUT2D eigenvalue weighted by molar-refractivity contribution is 6.31. The van der Waals surface area contributed by atoms with Crippen LogP contribution in [0.25, 0.3) is 38.3 Å². The van der Waals surface area contributed by atoms with Crippen molar-refractivity contribution in [2.24, 2.45) is 0 Å². The molecular formula is C21H12ClN3O3. The van der Waals surface area contributed by atoms with Crippen LogP contribution in [0.5, 0.6) is 5.88 Å². The van der Waals surface area contributed by atoms with E-state index in [-0.39, 0.29) is 10.9 Å². The molecule has 2 N–H and O–H groups in total. The first kappa shape index (κ1) is 16.5. The zero-order valence-electron chi connectivity index (χ0n) is 14.3. The lowest BCUT2D eigenvalue weighted by atomic mass is 10.1. The van der Waals surface area contributed by atoms with Gasteiger partial charge in [0.15, 0.2) is 0 Å². The Balaban J connectivity index is 1.95. The van der Waals surface area contributed by atoms with Crippen LogP contribution < -0.4 is 11.0 Å². The zero-order chi connectivity index (χ0) is 19.4. The molecule has 0 atom stereocenters. The molecular weight excluding hydrogens is 378 g/mol. The maximum atomic E-state index is 13.2. The van der Waals surface area contributed by atoms with E-state index in [0.29, 0.717) is 21.6 Å². The fraction of sp³-hybridized carbons (Fsp3) is 0. The number of pyridine rings is 1. The van der Waals surface area contributed by atoms with E-state index in [4.69, 9.17) is 11.6 Å². The number of nitrogens with zero attached hydrogens (tertiary/aromatic N) is 2. The average molecular weight is 390 g/mol. The normalized spacial score (nSPS) is 11.5. The number of benzene rings is 3. The van der Waals surface area contributed by atoms with E-state index in [9.17, 15) is 14.7 Å². The molecule has 28 heavy (non-hydrogen) atoms. The summed E-state index contributed by atoms with van der Waals surface area (Å²) in [6.07, 6.45) is 0. The SMILES string of the molecule is O=c1c2ccc(Cl)cc2[nH]c2c(O)nn(-c3cccc4ccccc34)c(=O)c12. The van der Waals surface area contributed by atoms with E-state index < -0.39 is 16.9 Å². The van der Waals surface area contributed by atoms with Gasteiger partial charge >= 0.3 is 0 Å². The van der Waals surface area contributed by atoms with Crippen molar-refractivity contribution in [1.29, 1.82) is 0 Å². The fourth-order valence-corrected chi connectivity index (χ4v) is 3.66. The molecule has 0 aliphatic heterocycles. The molecule has 0 aliphatic carbocycles. The van der Waals surface area contributed by atoms with Crippen LogP contribution in [0, 0.1) is 0 Å². The van der Waals surface area contributed by atoms with Crippen LogP contribution in [0.15, 0.2) is 70.3 Å². The van der Waals surface area contributed by atoms with Gasteiger partial charge in [-0.15, -0.1) is 5.10 Å². The Hall–Kier alpha value is -3.64. The van der Waals surface area contributed by atoms with Crippen LogP contribution in [0.2, 0.25) is 5.02 Å². The van der Waals surface area contributed by atoms with Crippen molar-refractivity contribution in [1.82, 2.24) is 14.8 Å². The molecule has 2 aromatic heterocycles. The lowest BCUT2D eigenvalue weighted by molar-refractivity contribution is 0.443. The second-order valence-electron chi connectivity index (χ2n) is 6.43. The molecule has 0 aliphatic rings. The van der Waals surface area contributed by atoms with Gasteiger partial charge in [0.1, 0.15) is 10.9 Å². The molecule has 0 fully saturated rings. The van der Waals surface area contributed by atoms with Crippen LogP contribution in [-0.4, -0.2) is 19.9 Å². The van der Waals surface area contributed by atoms with Gasteiger partial charge in [-0.1, -0.05) is 48.0 Å². The van der Waals surface area contributed by atoms with E-state index in [2.05, 4.69) is 10.1 Å². The van der Waals surface area contributed by atoms with Crippen LogP contribution in [0.1, 0.15) is 0 Å². The quantitative estimate of drug-likeness (QED) is 0.427. The van der Waals surface area contributed by atoms with Crippen molar-refractivity contribution >= 4 is 44.2 Å². The molecule has 2 heterocycles. The molecule has 0 saturated carbocycles. The molecule has 7 heteroatoms. The molecule has 0 amide bonds. The first-order valence-corrected chi connectivity index (χ1v) is 8.88. The second kappa shape index (κ2) is 5.94. The standard InChI is InChI=1S/C21H12ClN3O3/c22-12-8-9-14-15(10-12)23-18-17(19(14)26)21(28)25(24-20(18)27)16-7-3-5-11-4-1-2-6-13(11)16/h1-10H,(H,23,26)(H,24,27). The third kappa shape index (κ3) is 2.32. The predicted molar refractivity (Wildman–Crippen MR) is 110 cm³/mol. The number of fused-ring (bicyclic) bond motifs is 3. The number of hydrogen-bond donors (Lipinski definition) is 2. The monoisotopic (exact) mass is 389 g/mol. The van der Waals surface area contributed by atoms with Crippen LogP contribution in [0.4, 0.5) is 0 Å². The van der Waals surface area contributed by atoms with E-state index in [1.54, 1.807) is 30.3 Å². The minimum absolute atomic E-state index is 0.0127. The Morgan fingerprint density at radius 2 is 1.75 bits per heavy atom. The molecule has 0 bridgehead atoms. The molecule has 5 rings (SSSR count). The number of hydrogen-bond acceptors (Lipinski definition) is 4. The minimum Gasteiger partial charge on any atom is -0.491 e. The number of aromatic nitrogens is 3. The van der Waals surface area contributed by atoms with Crippen molar-refractivity contribution in [2.75, 3.05) is 0 Å². The molecule has 136 valence electrons. The Morgan fingerprint density at radius 3 is 2.61 bits per heavy atom. The maximum Gasteiger partial charge on any atom is 0.285 e. The van der Waals surface area contributed by atoms with Gasteiger partial charge in [-0.05, 0) is 29.7 Å². The van der Waals surface area contributed by atoms with Crippen molar-refractivity contribution in [3.8, 4) is 11.6 Å². The van der Waals surface area contributed by atoms with Gasteiger partial charge in [-0.2, -0.15) is 4.68 Å². The Bertz CT molecular complexity index is 1530. The lowest BCUT2D eigenvalue weighted by Crippen LogP contribution is -2.26. The van der Waals surface area contributed by atoms with E-state index in [0.717, 1.165) is 15.5 Å². The van der Waals surface area contributed by atoms with E-state index in [1.165, 1.54) is 0 Å². The van der Waals surface area contributed by atoms with Gasteiger partial charge in [-0.3, -0.25) is 9.59 Å². The van der Waals surface area contributed by atoms with Gasteiger partial charge < -0.3 is 10.1 Å². The van der Waals surface area contributed by atoms with Gasteiger partial charge in [0.05, 0.1) is 11.2 Å². The smallest absolute Gasteiger partial charge is 0.285 e. The third-order valence-electron chi connectivity index (χ3n) is 4.78. The third-order valence-corrected chi connectivity index (χ3v) is 5.02. The average Bonchev–Trinajstić information content (AvgIpc) is 2.70. The number of H-pyrrole nitrogens is 1. The van der Waals surface area contributed by atoms with Crippen LogP contribution in [0.3, 0.4) is 0 Å². The summed E-state index contributed by atoms with van der Waals surface area (Å²) in [4.78, 5) is 29.1. The first-order valence-electron chi connectivity index (χ1n) is 8.50. The summed E-state index contributed by atoms with van der Waals surface area (Å²) in [5.41, 5.74) is -0.207. The molecule has 0 saturated heterocycles. The predicted octanol–water partition coefficient (Wildman–Crippen LogP) is 3.74. The van der Waals surface area contributed by atoms with Crippen molar-refractivity contribution in [3.05, 3.63) is 86.3 Å². The summed E-state index contributed by atoms with van der Waals surface area (Å²) in [6, 6.07) is 17.6. The fourth-order valence-electron chi connectivity index (χ4n) is 3.49. The summed E-state index contributed by atoms with van der Waals surface area (Å²) in [5.74, 6) is -0.443. The number of aromatic hydroxyl groups is 1. The number of nitrogens with one attached hydrogen (secondary N) is 1. The first-order chi connectivity index (χ1) is 13.5. The topological polar surface area (TPSA) is 88.0 Å². The summed E-state index contributed by atoms with van der Waals surface area (Å²) in [6.45, 7) is 0. The van der Waals surface area contributed by atoms with Gasteiger partial charge in [0.25, 0.3) is 11.4 Å². The Kier molecular flexibility index (Phi) is 3.50. The summed E-state index contributed by atoms with van der Waals surface area (Å²) < 4.78 is 1.07. The number of halogens is 1. The molecule has 3 aromatic carbocycles. The van der Waals surface area contributed by atoms with Crippen molar-refractivity contribution in [3.63, 3.8) is 0 Å². The highest BCUT2D eigenvalue weighted by Gasteiger charge is 2.18. The minimum atomic E-state index is -0.609. The highest BCUT2D eigenvalue weighted by atomic mass is 35.5.